The first-order valence-corrected chi connectivity index (χ1v) is 5.57. The average molecular weight is 198 g/mol. The van der Waals surface area contributed by atoms with Gasteiger partial charge < -0.3 is 9.84 Å². The van der Waals surface area contributed by atoms with Gasteiger partial charge in [0.15, 0.2) is 0 Å². The summed E-state index contributed by atoms with van der Waals surface area (Å²) in [5.41, 5.74) is -0.465. The van der Waals surface area contributed by atoms with E-state index < -0.39 is 11.4 Å². The number of epoxide rings is 1. The lowest BCUT2D eigenvalue weighted by Crippen LogP contribution is -2.36. The van der Waals surface area contributed by atoms with Crippen LogP contribution >= 0.6 is 0 Å². The van der Waals surface area contributed by atoms with Gasteiger partial charge in [0.05, 0.1) is 17.6 Å². The van der Waals surface area contributed by atoms with E-state index in [1.807, 2.05) is 0 Å². The molecule has 1 aliphatic heterocycles. The summed E-state index contributed by atoms with van der Waals surface area (Å²) in [6.45, 7) is 2.11. The molecule has 1 saturated carbocycles. The number of aliphatic carboxylic acids is 1. The summed E-state index contributed by atoms with van der Waals surface area (Å²) in [5, 5.41) is 9.30. The molecule has 0 spiro atoms. The van der Waals surface area contributed by atoms with Crippen LogP contribution in [0.5, 0.6) is 0 Å². The molecular formula is C11H18O3. The fourth-order valence-electron chi connectivity index (χ4n) is 2.56. The molecule has 3 nitrogen and oxygen atoms in total. The second-order valence-corrected chi connectivity index (χ2v) is 4.64. The van der Waals surface area contributed by atoms with Crippen LogP contribution in [0.15, 0.2) is 0 Å². The van der Waals surface area contributed by atoms with Crippen molar-refractivity contribution in [3.8, 4) is 0 Å². The highest BCUT2D eigenvalue weighted by Crippen LogP contribution is 2.49. The lowest BCUT2D eigenvalue weighted by atomic mass is 9.71. The first-order chi connectivity index (χ1) is 6.68. The van der Waals surface area contributed by atoms with E-state index in [4.69, 9.17) is 4.74 Å². The van der Waals surface area contributed by atoms with Crippen molar-refractivity contribution in [3.63, 3.8) is 0 Å². The zero-order chi connectivity index (χ0) is 10.2. The fraction of sp³-hybridized carbons (Fsp3) is 0.909. The second-order valence-electron chi connectivity index (χ2n) is 4.64. The van der Waals surface area contributed by atoms with Gasteiger partial charge in [-0.2, -0.15) is 0 Å². The van der Waals surface area contributed by atoms with Crippen molar-refractivity contribution >= 4 is 5.97 Å². The molecule has 3 unspecified atom stereocenters. The lowest BCUT2D eigenvalue weighted by Gasteiger charge is -2.31. The molecule has 1 aliphatic carbocycles. The minimum absolute atomic E-state index is 0.261. The zero-order valence-electron chi connectivity index (χ0n) is 8.66. The fourth-order valence-corrected chi connectivity index (χ4v) is 2.56. The second kappa shape index (κ2) is 3.54. The van der Waals surface area contributed by atoms with Crippen molar-refractivity contribution in [2.24, 2.45) is 5.41 Å². The molecule has 0 aromatic heterocycles. The summed E-state index contributed by atoms with van der Waals surface area (Å²) < 4.78 is 5.40. The number of rotatable bonds is 4. The minimum atomic E-state index is -0.611. The Labute approximate surface area is 84.4 Å². The standard InChI is InChI=1S/C11H18O3/c1-2-3-5-11(10(12)13)6-4-8-9(7-11)14-8/h8-9H,2-7H2,1H3,(H,12,13). The molecule has 3 heteroatoms. The lowest BCUT2D eigenvalue weighted by molar-refractivity contribution is -0.151. The number of unbranched alkanes of at least 4 members (excludes halogenated alkanes) is 1. The van der Waals surface area contributed by atoms with E-state index in [-0.39, 0.29) is 6.10 Å². The summed E-state index contributed by atoms with van der Waals surface area (Å²) in [6.07, 6.45) is 6.07. The van der Waals surface area contributed by atoms with Crippen LogP contribution in [0, 0.1) is 5.41 Å². The maximum atomic E-state index is 11.3. The van der Waals surface area contributed by atoms with Crippen LogP contribution in [0.25, 0.3) is 0 Å². The average Bonchev–Trinajstić information content (AvgIpc) is 2.92. The molecule has 0 amide bonds. The third-order valence-electron chi connectivity index (χ3n) is 3.65. The van der Waals surface area contributed by atoms with Crippen molar-refractivity contribution in [1.29, 1.82) is 0 Å². The van der Waals surface area contributed by atoms with Gasteiger partial charge in [0, 0.05) is 0 Å². The number of ether oxygens (including phenoxy) is 1. The summed E-state index contributed by atoms with van der Waals surface area (Å²) in [7, 11) is 0. The predicted molar refractivity (Wildman–Crippen MR) is 52.1 cm³/mol. The van der Waals surface area contributed by atoms with Crippen molar-refractivity contribution in [2.45, 2.75) is 57.7 Å². The number of carboxylic acids is 1. The quantitative estimate of drug-likeness (QED) is 0.704. The molecule has 0 aromatic rings. The topological polar surface area (TPSA) is 49.8 Å². The van der Waals surface area contributed by atoms with Crippen LogP contribution in [0.4, 0.5) is 0 Å². The number of fused-ring (bicyclic) bond motifs is 1. The Morgan fingerprint density at radius 1 is 1.57 bits per heavy atom. The van der Waals surface area contributed by atoms with Gasteiger partial charge in [0.25, 0.3) is 0 Å². The molecule has 0 bridgehead atoms. The monoisotopic (exact) mass is 198 g/mol. The van der Waals surface area contributed by atoms with Crippen molar-refractivity contribution in [3.05, 3.63) is 0 Å². The van der Waals surface area contributed by atoms with Crippen LogP contribution in [-0.4, -0.2) is 23.3 Å². The molecule has 3 atom stereocenters. The number of hydrogen-bond acceptors (Lipinski definition) is 2. The third-order valence-corrected chi connectivity index (χ3v) is 3.65. The van der Waals surface area contributed by atoms with E-state index in [0.717, 1.165) is 38.5 Å². The van der Waals surface area contributed by atoms with Gasteiger partial charge in [-0.1, -0.05) is 19.8 Å². The van der Waals surface area contributed by atoms with E-state index in [0.29, 0.717) is 6.10 Å². The highest BCUT2D eigenvalue weighted by molar-refractivity contribution is 5.75. The normalized spacial score (nSPS) is 40.4. The Kier molecular flexibility index (Phi) is 2.52. The minimum Gasteiger partial charge on any atom is -0.481 e. The molecule has 0 aromatic carbocycles. The number of carboxylic acid groups (broad SMARTS) is 1. The molecule has 2 fully saturated rings. The van der Waals surface area contributed by atoms with Crippen LogP contribution in [-0.2, 0) is 9.53 Å². The Bertz CT molecular complexity index is 239. The van der Waals surface area contributed by atoms with Gasteiger partial charge in [0.1, 0.15) is 0 Å². The maximum absolute atomic E-state index is 11.3. The highest BCUT2D eigenvalue weighted by Gasteiger charge is 2.53. The van der Waals surface area contributed by atoms with E-state index in [9.17, 15) is 9.90 Å². The molecule has 2 rings (SSSR count). The van der Waals surface area contributed by atoms with Gasteiger partial charge in [0.2, 0.25) is 0 Å². The van der Waals surface area contributed by atoms with Gasteiger partial charge in [-0.3, -0.25) is 4.79 Å². The highest BCUT2D eigenvalue weighted by atomic mass is 16.6. The number of carbonyl (C=O) groups is 1. The van der Waals surface area contributed by atoms with Crippen LogP contribution in [0.1, 0.15) is 45.4 Å². The maximum Gasteiger partial charge on any atom is 0.309 e. The molecule has 14 heavy (non-hydrogen) atoms. The Hall–Kier alpha value is -0.570. The third kappa shape index (κ3) is 1.65. The van der Waals surface area contributed by atoms with Crippen molar-refractivity contribution in [2.75, 3.05) is 0 Å². The molecule has 1 N–H and O–H groups in total. The first kappa shape index (κ1) is 9.97. The molecule has 0 radical (unpaired) electrons. The van der Waals surface area contributed by atoms with Gasteiger partial charge in [-0.15, -0.1) is 0 Å². The van der Waals surface area contributed by atoms with E-state index in [1.165, 1.54) is 0 Å². The molecular weight excluding hydrogens is 180 g/mol. The van der Waals surface area contributed by atoms with E-state index in [1.54, 1.807) is 0 Å². The summed E-state index contributed by atoms with van der Waals surface area (Å²) in [5.74, 6) is -0.611. The van der Waals surface area contributed by atoms with Crippen LogP contribution in [0.2, 0.25) is 0 Å². The van der Waals surface area contributed by atoms with Gasteiger partial charge >= 0.3 is 5.97 Å². The van der Waals surface area contributed by atoms with Crippen LogP contribution < -0.4 is 0 Å². The van der Waals surface area contributed by atoms with Crippen molar-refractivity contribution < 1.29 is 14.6 Å². The number of hydrogen-bond donors (Lipinski definition) is 1. The molecule has 1 heterocycles. The Morgan fingerprint density at radius 2 is 2.36 bits per heavy atom. The summed E-state index contributed by atoms with van der Waals surface area (Å²) >= 11 is 0. The first-order valence-electron chi connectivity index (χ1n) is 5.57. The smallest absolute Gasteiger partial charge is 0.309 e. The Balaban J connectivity index is 2.01. The van der Waals surface area contributed by atoms with Gasteiger partial charge in [-0.05, 0) is 25.7 Å². The Morgan fingerprint density at radius 3 is 2.93 bits per heavy atom. The summed E-state index contributed by atoms with van der Waals surface area (Å²) in [4.78, 5) is 11.3. The van der Waals surface area contributed by atoms with Crippen molar-refractivity contribution in [1.82, 2.24) is 0 Å². The van der Waals surface area contributed by atoms with Gasteiger partial charge in [-0.25, -0.2) is 0 Å². The summed E-state index contributed by atoms with van der Waals surface area (Å²) in [6, 6.07) is 0. The van der Waals surface area contributed by atoms with E-state index >= 15 is 0 Å². The molecule has 2 aliphatic rings. The SMILES string of the molecule is CCCCC1(C(=O)O)CCC2OC2C1. The molecule has 1 saturated heterocycles. The van der Waals surface area contributed by atoms with Crippen LogP contribution in [0.3, 0.4) is 0 Å². The van der Waals surface area contributed by atoms with E-state index in [2.05, 4.69) is 6.92 Å². The zero-order valence-corrected chi connectivity index (χ0v) is 8.66. The predicted octanol–water partition coefficient (Wildman–Crippen LogP) is 2.20. The molecule has 80 valence electrons. The largest absolute Gasteiger partial charge is 0.481 e.